The van der Waals surface area contributed by atoms with Gasteiger partial charge in [-0.15, -0.1) is 0 Å². The molecule has 0 radical (unpaired) electrons. The number of hydrogen-bond acceptors (Lipinski definition) is 6. The van der Waals surface area contributed by atoms with Crippen molar-refractivity contribution in [3.8, 4) is 0 Å². The molecule has 0 fully saturated rings. The van der Waals surface area contributed by atoms with E-state index in [9.17, 15) is 14.9 Å². The zero-order valence-corrected chi connectivity index (χ0v) is 10.8. The molecule has 2 aromatic rings. The van der Waals surface area contributed by atoms with Crippen molar-refractivity contribution in [2.45, 2.75) is 6.92 Å². The third kappa shape index (κ3) is 2.74. The Kier molecular flexibility index (Phi) is 3.65. The lowest BCUT2D eigenvalue weighted by atomic mass is 10.1. The fourth-order valence-corrected chi connectivity index (χ4v) is 1.63. The number of nitrogens with zero attached hydrogens (tertiary/aromatic N) is 2. The number of nitro benzene ring substituents is 1. The van der Waals surface area contributed by atoms with Crippen LogP contribution in [0, 0.1) is 17.0 Å². The number of non-ortho nitro benzene ring substituents is 1. The van der Waals surface area contributed by atoms with Gasteiger partial charge in [0, 0.05) is 24.9 Å². The van der Waals surface area contributed by atoms with Gasteiger partial charge in [-0.3, -0.25) is 20.2 Å². The molecule has 0 spiro atoms. The summed E-state index contributed by atoms with van der Waals surface area (Å²) in [7, 11) is 1.62. The van der Waals surface area contributed by atoms with Gasteiger partial charge < -0.3 is 9.73 Å². The minimum absolute atomic E-state index is 0.0426. The topological polar surface area (TPSA) is 110 Å². The van der Waals surface area contributed by atoms with Gasteiger partial charge in [-0.05, 0) is 13.0 Å². The van der Waals surface area contributed by atoms with Crippen molar-refractivity contribution < 1.29 is 14.1 Å². The lowest BCUT2D eigenvalue weighted by Crippen LogP contribution is -2.14. The van der Waals surface area contributed by atoms with Crippen molar-refractivity contribution in [3.63, 3.8) is 0 Å². The number of hydrogen-bond donors (Lipinski definition) is 2. The summed E-state index contributed by atoms with van der Waals surface area (Å²) < 4.78 is 5.01. The third-order valence-corrected chi connectivity index (χ3v) is 2.57. The van der Waals surface area contributed by atoms with Crippen LogP contribution in [0.4, 0.5) is 17.4 Å². The zero-order valence-electron chi connectivity index (χ0n) is 10.8. The standard InChI is InChI=1S/C12H12N4O4/c1-7-6-20-12(14-7)15-11(17)9-5-8(16(18)19)3-4-10(9)13-2/h3-6,13H,1-2H3,(H,14,15,17). The van der Waals surface area contributed by atoms with Crippen LogP contribution in [0.2, 0.25) is 0 Å². The Balaban J connectivity index is 2.32. The molecule has 1 aromatic carbocycles. The molecule has 20 heavy (non-hydrogen) atoms. The molecule has 1 amide bonds. The third-order valence-electron chi connectivity index (χ3n) is 2.57. The maximum atomic E-state index is 12.1. The van der Waals surface area contributed by atoms with E-state index in [0.717, 1.165) is 0 Å². The maximum Gasteiger partial charge on any atom is 0.301 e. The van der Waals surface area contributed by atoms with Gasteiger partial charge in [0.2, 0.25) is 0 Å². The lowest BCUT2D eigenvalue weighted by Gasteiger charge is -2.07. The number of carbonyl (C=O) groups excluding carboxylic acids is 1. The second-order valence-corrected chi connectivity index (χ2v) is 3.99. The van der Waals surface area contributed by atoms with E-state index in [4.69, 9.17) is 4.42 Å². The maximum absolute atomic E-state index is 12.1. The summed E-state index contributed by atoms with van der Waals surface area (Å²) in [6, 6.07) is 4.02. The largest absolute Gasteiger partial charge is 0.432 e. The number of rotatable bonds is 4. The van der Waals surface area contributed by atoms with E-state index in [0.29, 0.717) is 11.4 Å². The first-order valence-electron chi connectivity index (χ1n) is 5.71. The highest BCUT2D eigenvalue weighted by Gasteiger charge is 2.17. The fraction of sp³-hybridized carbons (Fsp3) is 0.167. The summed E-state index contributed by atoms with van der Waals surface area (Å²) in [5, 5.41) is 16.0. The monoisotopic (exact) mass is 276 g/mol. The molecule has 1 heterocycles. The van der Waals surface area contributed by atoms with Crippen molar-refractivity contribution in [1.82, 2.24) is 4.98 Å². The molecule has 0 bridgehead atoms. The number of nitrogens with one attached hydrogen (secondary N) is 2. The molecule has 2 rings (SSSR count). The molecule has 0 aliphatic carbocycles. The molecular formula is C12H12N4O4. The number of nitro groups is 1. The summed E-state index contributed by atoms with van der Waals surface area (Å²) in [4.78, 5) is 26.2. The van der Waals surface area contributed by atoms with E-state index in [1.165, 1.54) is 24.5 Å². The van der Waals surface area contributed by atoms with E-state index in [2.05, 4.69) is 15.6 Å². The molecule has 0 saturated carbocycles. The average molecular weight is 276 g/mol. The Labute approximate surface area is 114 Å². The molecule has 0 saturated heterocycles. The van der Waals surface area contributed by atoms with E-state index in [-0.39, 0.29) is 17.3 Å². The smallest absolute Gasteiger partial charge is 0.301 e. The van der Waals surface area contributed by atoms with Crippen LogP contribution in [0.25, 0.3) is 0 Å². The summed E-state index contributed by atoms with van der Waals surface area (Å²) >= 11 is 0. The number of anilines is 2. The number of benzene rings is 1. The Morgan fingerprint density at radius 2 is 2.20 bits per heavy atom. The van der Waals surface area contributed by atoms with E-state index >= 15 is 0 Å². The summed E-state index contributed by atoms with van der Waals surface area (Å²) in [5.74, 6) is -0.542. The van der Waals surface area contributed by atoms with Gasteiger partial charge in [0.1, 0.15) is 6.26 Å². The SMILES string of the molecule is CNc1ccc([N+](=O)[O-])cc1C(=O)Nc1nc(C)co1. The Hall–Kier alpha value is -2.90. The quantitative estimate of drug-likeness (QED) is 0.654. The Bertz CT molecular complexity index is 665. The molecule has 1 aromatic heterocycles. The van der Waals surface area contributed by atoms with Gasteiger partial charge in [0.25, 0.3) is 11.6 Å². The highest BCUT2D eigenvalue weighted by Crippen LogP contribution is 2.22. The van der Waals surface area contributed by atoms with Crippen LogP contribution < -0.4 is 10.6 Å². The normalized spacial score (nSPS) is 10.1. The molecule has 8 heteroatoms. The van der Waals surface area contributed by atoms with Crippen LogP contribution in [0.15, 0.2) is 28.9 Å². The second-order valence-electron chi connectivity index (χ2n) is 3.99. The molecule has 2 N–H and O–H groups in total. The number of aryl methyl sites for hydroxylation is 1. The van der Waals surface area contributed by atoms with Crippen LogP contribution in [0.3, 0.4) is 0 Å². The van der Waals surface area contributed by atoms with Gasteiger partial charge in [-0.2, -0.15) is 4.98 Å². The number of oxazole rings is 1. The number of aromatic nitrogens is 1. The van der Waals surface area contributed by atoms with Crippen molar-refractivity contribution in [3.05, 3.63) is 45.8 Å². The lowest BCUT2D eigenvalue weighted by molar-refractivity contribution is -0.384. The van der Waals surface area contributed by atoms with E-state index < -0.39 is 10.8 Å². The summed E-state index contributed by atoms with van der Waals surface area (Å²) in [6.45, 7) is 1.71. The van der Waals surface area contributed by atoms with Crippen molar-refractivity contribution in [1.29, 1.82) is 0 Å². The Morgan fingerprint density at radius 1 is 1.45 bits per heavy atom. The van der Waals surface area contributed by atoms with Gasteiger partial charge in [-0.1, -0.05) is 0 Å². The number of carbonyl (C=O) groups is 1. The van der Waals surface area contributed by atoms with Crippen LogP contribution in [0.5, 0.6) is 0 Å². The van der Waals surface area contributed by atoms with E-state index in [1.807, 2.05) is 0 Å². The first kappa shape index (κ1) is 13.5. The van der Waals surface area contributed by atoms with Gasteiger partial charge in [0.05, 0.1) is 16.2 Å². The van der Waals surface area contributed by atoms with Crippen molar-refractivity contribution in [2.75, 3.05) is 17.7 Å². The highest BCUT2D eigenvalue weighted by molar-refractivity contribution is 6.07. The minimum Gasteiger partial charge on any atom is -0.432 e. The number of amides is 1. The zero-order chi connectivity index (χ0) is 14.7. The minimum atomic E-state index is -0.564. The van der Waals surface area contributed by atoms with Gasteiger partial charge >= 0.3 is 6.01 Å². The molecule has 104 valence electrons. The first-order valence-corrected chi connectivity index (χ1v) is 5.71. The predicted octanol–water partition coefficient (Wildman–Crippen LogP) is 2.19. The first-order chi connectivity index (χ1) is 9.51. The second kappa shape index (κ2) is 5.39. The van der Waals surface area contributed by atoms with Crippen LogP contribution in [0.1, 0.15) is 16.1 Å². The van der Waals surface area contributed by atoms with Crippen LogP contribution in [-0.4, -0.2) is 22.9 Å². The molecule has 8 nitrogen and oxygen atoms in total. The summed E-state index contributed by atoms with van der Waals surface area (Å²) in [5.41, 5.74) is 1.06. The summed E-state index contributed by atoms with van der Waals surface area (Å²) in [6.07, 6.45) is 1.39. The average Bonchev–Trinajstić information content (AvgIpc) is 2.83. The molecule has 0 aliphatic rings. The van der Waals surface area contributed by atoms with Gasteiger partial charge in [0.15, 0.2) is 0 Å². The fourth-order valence-electron chi connectivity index (χ4n) is 1.63. The van der Waals surface area contributed by atoms with Crippen molar-refractivity contribution >= 4 is 23.3 Å². The van der Waals surface area contributed by atoms with Gasteiger partial charge in [-0.25, -0.2) is 0 Å². The highest BCUT2D eigenvalue weighted by atomic mass is 16.6. The van der Waals surface area contributed by atoms with Crippen LogP contribution in [-0.2, 0) is 0 Å². The van der Waals surface area contributed by atoms with E-state index in [1.54, 1.807) is 14.0 Å². The predicted molar refractivity (Wildman–Crippen MR) is 71.8 cm³/mol. The van der Waals surface area contributed by atoms with Crippen LogP contribution >= 0.6 is 0 Å². The molecule has 0 atom stereocenters. The molecule has 0 aliphatic heterocycles. The molecule has 0 unspecified atom stereocenters. The molecular weight excluding hydrogens is 264 g/mol. The Morgan fingerprint density at radius 3 is 2.75 bits per heavy atom. The van der Waals surface area contributed by atoms with Crippen molar-refractivity contribution in [2.24, 2.45) is 0 Å².